The van der Waals surface area contributed by atoms with Gasteiger partial charge in [0.25, 0.3) is 0 Å². The van der Waals surface area contributed by atoms with Crippen LogP contribution in [-0.4, -0.2) is 17.2 Å². The molecule has 1 unspecified atom stereocenters. The molecule has 0 saturated heterocycles. The van der Waals surface area contributed by atoms with E-state index in [-0.39, 0.29) is 0 Å². The second-order valence-electron chi connectivity index (χ2n) is 3.19. The normalized spacial score (nSPS) is 12.1. The second-order valence-corrected chi connectivity index (χ2v) is 4.43. The number of hydrogen-bond acceptors (Lipinski definition) is 2. The lowest BCUT2D eigenvalue weighted by Crippen LogP contribution is -2.26. The average Bonchev–Trinajstić information content (AvgIpc) is 2.20. The molecule has 0 saturated carbocycles. The van der Waals surface area contributed by atoms with Crippen LogP contribution in [0.3, 0.4) is 0 Å². The van der Waals surface area contributed by atoms with Gasteiger partial charge in [-0.25, -0.2) is 4.79 Å². The summed E-state index contributed by atoms with van der Waals surface area (Å²) in [5, 5.41) is 8.89. The third kappa shape index (κ3) is 4.07. The maximum absolute atomic E-state index is 10.8. The highest BCUT2D eigenvalue weighted by Gasteiger charge is 2.17. The Kier molecular flexibility index (Phi) is 4.87. The highest BCUT2D eigenvalue weighted by atomic mass is 127. The van der Waals surface area contributed by atoms with E-state index in [0.29, 0.717) is 12.2 Å². The standard InChI is InChI=1S/C11H13IO3/c1-2-3-10(11(13)14)15-9-6-4-8(12)5-7-9/h4-7,10H,2-3H2,1H3,(H,13,14). The van der Waals surface area contributed by atoms with Gasteiger partial charge in [-0.2, -0.15) is 0 Å². The first-order valence-corrected chi connectivity index (χ1v) is 5.86. The number of aliphatic carboxylic acids is 1. The lowest BCUT2D eigenvalue weighted by Gasteiger charge is -2.13. The fraction of sp³-hybridized carbons (Fsp3) is 0.364. The van der Waals surface area contributed by atoms with Gasteiger partial charge in [0.05, 0.1) is 0 Å². The molecule has 1 aromatic carbocycles. The third-order valence-corrected chi connectivity index (χ3v) is 2.64. The van der Waals surface area contributed by atoms with Crippen molar-refractivity contribution in [3.05, 3.63) is 27.8 Å². The molecular weight excluding hydrogens is 307 g/mol. The molecule has 0 aromatic heterocycles. The van der Waals surface area contributed by atoms with E-state index in [9.17, 15) is 4.79 Å². The van der Waals surface area contributed by atoms with Crippen molar-refractivity contribution in [3.63, 3.8) is 0 Å². The van der Waals surface area contributed by atoms with E-state index in [4.69, 9.17) is 9.84 Å². The van der Waals surface area contributed by atoms with Crippen molar-refractivity contribution in [1.29, 1.82) is 0 Å². The smallest absolute Gasteiger partial charge is 0.344 e. The maximum Gasteiger partial charge on any atom is 0.344 e. The summed E-state index contributed by atoms with van der Waals surface area (Å²) in [4.78, 5) is 10.8. The van der Waals surface area contributed by atoms with Gasteiger partial charge in [0.15, 0.2) is 6.10 Å². The first-order valence-electron chi connectivity index (χ1n) is 4.78. The Labute approximate surface area is 103 Å². The van der Waals surface area contributed by atoms with Crippen LogP contribution >= 0.6 is 22.6 Å². The van der Waals surface area contributed by atoms with Gasteiger partial charge >= 0.3 is 5.97 Å². The molecule has 0 aliphatic rings. The lowest BCUT2D eigenvalue weighted by molar-refractivity contribution is -0.145. The van der Waals surface area contributed by atoms with Crippen LogP contribution in [0.25, 0.3) is 0 Å². The van der Waals surface area contributed by atoms with Crippen molar-refractivity contribution in [2.45, 2.75) is 25.9 Å². The van der Waals surface area contributed by atoms with Crippen LogP contribution in [0.1, 0.15) is 19.8 Å². The fourth-order valence-corrected chi connectivity index (χ4v) is 1.53. The first-order chi connectivity index (χ1) is 7.13. The zero-order chi connectivity index (χ0) is 11.3. The molecule has 0 spiro atoms. The summed E-state index contributed by atoms with van der Waals surface area (Å²) in [6, 6.07) is 7.35. The Morgan fingerprint density at radius 2 is 2.07 bits per heavy atom. The molecule has 3 nitrogen and oxygen atoms in total. The van der Waals surface area contributed by atoms with E-state index in [1.165, 1.54) is 0 Å². The van der Waals surface area contributed by atoms with Crippen LogP contribution in [0, 0.1) is 3.57 Å². The van der Waals surface area contributed by atoms with E-state index < -0.39 is 12.1 Å². The van der Waals surface area contributed by atoms with E-state index in [2.05, 4.69) is 22.6 Å². The quantitative estimate of drug-likeness (QED) is 0.849. The van der Waals surface area contributed by atoms with Gasteiger partial charge in [-0.05, 0) is 53.3 Å². The molecule has 15 heavy (non-hydrogen) atoms. The number of carbonyl (C=O) groups is 1. The second kappa shape index (κ2) is 5.95. The number of rotatable bonds is 5. The van der Waals surface area contributed by atoms with Crippen LogP contribution in [-0.2, 0) is 4.79 Å². The Balaban J connectivity index is 2.65. The molecule has 1 N–H and O–H groups in total. The molecule has 0 heterocycles. The summed E-state index contributed by atoms with van der Waals surface area (Å²) in [6.45, 7) is 1.94. The van der Waals surface area contributed by atoms with E-state index >= 15 is 0 Å². The molecule has 1 atom stereocenters. The Bertz CT molecular complexity index is 321. The van der Waals surface area contributed by atoms with Crippen LogP contribution in [0.4, 0.5) is 0 Å². The molecule has 0 aliphatic carbocycles. The molecule has 82 valence electrons. The SMILES string of the molecule is CCCC(Oc1ccc(I)cc1)C(=O)O. The van der Waals surface area contributed by atoms with Gasteiger partial charge in [-0.15, -0.1) is 0 Å². The Morgan fingerprint density at radius 1 is 1.47 bits per heavy atom. The van der Waals surface area contributed by atoms with E-state index in [1.807, 2.05) is 19.1 Å². The maximum atomic E-state index is 10.8. The lowest BCUT2D eigenvalue weighted by atomic mass is 10.2. The van der Waals surface area contributed by atoms with Crippen molar-refractivity contribution in [2.75, 3.05) is 0 Å². The molecule has 4 heteroatoms. The molecule has 0 bridgehead atoms. The minimum Gasteiger partial charge on any atom is -0.479 e. The van der Waals surface area contributed by atoms with Crippen molar-refractivity contribution >= 4 is 28.6 Å². The minimum atomic E-state index is -0.907. The van der Waals surface area contributed by atoms with Crippen molar-refractivity contribution in [1.82, 2.24) is 0 Å². The summed E-state index contributed by atoms with van der Waals surface area (Å²) in [7, 11) is 0. The van der Waals surface area contributed by atoms with Gasteiger partial charge in [0, 0.05) is 3.57 Å². The monoisotopic (exact) mass is 320 g/mol. The molecular formula is C11H13IO3. The van der Waals surface area contributed by atoms with Gasteiger partial charge < -0.3 is 9.84 Å². The van der Waals surface area contributed by atoms with Crippen molar-refractivity contribution in [3.8, 4) is 5.75 Å². The van der Waals surface area contributed by atoms with E-state index in [0.717, 1.165) is 9.99 Å². The predicted molar refractivity (Wildman–Crippen MR) is 66.1 cm³/mol. The van der Waals surface area contributed by atoms with Gasteiger partial charge in [-0.3, -0.25) is 0 Å². The molecule has 1 rings (SSSR count). The zero-order valence-electron chi connectivity index (χ0n) is 8.44. The van der Waals surface area contributed by atoms with Gasteiger partial charge in [0.1, 0.15) is 5.75 Å². The third-order valence-electron chi connectivity index (χ3n) is 1.92. The van der Waals surface area contributed by atoms with Gasteiger partial charge in [0.2, 0.25) is 0 Å². The summed E-state index contributed by atoms with van der Waals surface area (Å²) in [5.41, 5.74) is 0. The number of carboxylic acids is 1. The fourth-order valence-electron chi connectivity index (χ4n) is 1.17. The minimum absolute atomic E-state index is 0.529. The van der Waals surface area contributed by atoms with E-state index in [1.54, 1.807) is 12.1 Å². The summed E-state index contributed by atoms with van der Waals surface area (Å²) >= 11 is 2.19. The molecule has 0 radical (unpaired) electrons. The Morgan fingerprint density at radius 3 is 2.53 bits per heavy atom. The number of benzene rings is 1. The van der Waals surface area contributed by atoms with Crippen LogP contribution in [0.15, 0.2) is 24.3 Å². The summed E-state index contributed by atoms with van der Waals surface area (Å²) in [6.07, 6.45) is 0.581. The van der Waals surface area contributed by atoms with Gasteiger partial charge in [-0.1, -0.05) is 13.3 Å². The van der Waals surface area contributed by atoms with Crippen molar-refractivity contribution < 1.29 is 14.6 Å². The number of carboxylic acid groups (broad SMARTS) is 1. The molecule has 0 amide bonds. The predicted octanol–water partition coefficient (Wildman–Crippen LogP) is 2.92. The Hall–Kier alpha value is -0.780. The van der Waals surface area contributed by atoms with Crippen LogP contribution in [0.5, 0.6) is 5.75 Å². The zero-order valence-corrected chi connectivity index (χ0v) is 10.6. The average molecular weight is 320 g/mol. The highest BCUT2D eigenvalue weighted by molar-refractivity contribution is 14.1. The first kappa shape index (κ1) is 12.3. The summed E-state index contributed by atoms with van der Waals surface area (Å²) in [5.74, 6) is -0.299. The highest BCUT2D eigenvalue weighted by Crippen LogP contribution is 2.16. The molecule has 1 aromatic rings. The topological polar surface area (TPSA) is 46.5 Å². The van der Waals surface area contributed by atoms with Crippen LogP contribution < -0.4 is 4.74 Å². The number of ether oxygens (including phenoxy) is 1. The largest absolute Gasteiger partial charge is 0.479 e. The summed E-state index contributed by atoms with van der Waals surface area (Å²) < 4.78 is 6.47. The number of halogens is 1. The van der Waals surface area contributed by atoms with Crippen LogP contribution in [0.2, 0.25) is 0 Å². The number of hydrogen-bond donors (Lipinski definition) is 1. The van der Waals surface area contributed by atoms with Crippen molar-refractivity contribution in [2.24, 2.45) is 0 Å². The molecule has 0 aliphatic heterocycles. The molecule has 0 fully saturated rings.